The maximum Gasteiger partial charge on any atom is 0.390 e. The molecule has 8 nitrogen and oxygen atoms in total. The number of ether oxygens (including phenoxy) is 3. The summed E-state index contributed by atoms with van der Waals surface area (Å²) in [4.78, 5) is 24.1. The van der Waals surface area contributed by atoms with Crippen molar-refractivity contribution in [3.05, 3.63) is 27.8 Å². The smallest absolute Gasteiger partial charge is 0.390 e. The average Bonchev–Trinajstić information content (AvgIpc) is 2.60. The summed E-state index contributed by atoms with van der Waals surface area (Å²) in [5.41, 5.74) is -0.960. The molecule has 1 amide bonds. The van der Waals surface area contributed by atoms with Gasteiger partial charge in [0.2, 0.25) is 0 Å². The maximum atomic E-state index is 12.6. The second kappa shape index (κ2) is 9.95. The minimum atomic E-state index is -4.45. The van der Waals surface area contributed by atoms with E-state index in [1.165, 1.54) is 21.1 Å². The van der Waals surface area contributed by atoms with Crippen LogP contribution in [0.1, 0.15) is 23.7 Å². The van der Waals surface area contributed by atoms with Crippen molar-refractivity contribution in [2.24, 2.45) is 0 Å². The standard InChI is InChI=1S/C16H21F3N2O6/c1-4-20(6-5-16(17,18)19)15(22)11-9-13(26-3)14(27-8-7-25-2)10-12(11)21(23)24/h9-10H,4-8H2,1-3H3. The van der Waals surface area contributed by atoms with Crippen LogP contribution in [0.25, 0.3) is 0 Å². The van der Waals surface area contributed by atoms with Gasteiger partial charge in [0, 0.05) is 26.3 Å². The number of nitrogens with zero attached hydrogens (tertiary/aromatic N) is 2. The Balaban J connectivity index is 3.23. The number of nitro benzene ring substituents is 1. The molecule has 0 fully saturated rings. The van der Waals surface area contributed by atoms with E-state index in [0.717, 1.165) is 17.0 Å². The Morgan fingerprint density at radius 3 is 2.37 bits per heavy atom. The average molecular weight is 394 g/mol. The van der Waals surface area contributed by atoms with Crippen molar-refractivity contribution >= 4 is 11.6 Å². The predicted molar refractivity (Wildman–Crippen MR) is 89.3 cm³/mol. The molecule has 0 saturated heterocycles. The zero-order valence-electron chi connectivity index (χ0n) is 15.2. The highest BCUT2D eigenvalue weighted by atomic mass is 19.4. The summed E-state index contributed by atoms with van der Waals surface area (Å²) < 4.78 is 52.6. The summed E-state index contributed by atoms with van der Waals surface area (Å²) in [5.74, 6) is -0.821. The van der Waals surface area contributed by atoms with Crippen LogP contribution >= 0.6 is 0 Å². The van der Waals surface area contributed by atoms with E-state index < -0.39 is 35.7 Å². The van der Waals surface area contributed by atoms with Crippen LogP contribution in [-0.4, -0.2) is 62.4 Å². The lowest BCUT2D eigenvalue weighted by molar-refractivity contribution is -0.385. The number of amides is 1. The van der Waals surface area contributed by atoms with Crippen LogP contribution in [0.4, 0.5) is 18.9 Å². The van der Waals surface area contributed by atoms with Gasteiger partial charge in [-0.3, -0.25) is 14.9 Å². The Morgan fingerprint density at radius 1 is 1.22 bits per heavy atom. The fourth-order valence-electron chi connectivity index (χ4n) is 2.21. The monoisotopic (exact) mass is 394 g/mol. The summed E-state index contributed by atoms with van der Waals surface area (Å²) in [6.45, 7) is 1.15. The lowest BCUT2D eigenvalue weighted by Gasteiger charge is -2.22. The van der Waals surface area contributed by atoms with Crippen molar-refractivity contribution in [3.63, 3.8) is 0 Å². The molecule has 1 rings (SSSR count). The van der Waals surface area contributed by atoms with Crippen LogP contribution in [0.15, 0.2) is 12.1 Å². The molecule has 0 atom stereocenters. The zero-order valence-corrected chi connectivity index (χ0v) is 15.2. The molecule has 0 aliphatic rings. The summed E-state index contributed by atoms with van der Waals surface area (Å²) in [6, 6.07) is 2.11. The number of hydrogen-bond donors (Lipinski definition) is 0. The van der Waals surface area contributed by atoms with Crippen molar-refractivity contribution in [1.29, 1.82) is 0 Å². The van der Waals surface area contributed by atoms with E-state index in [-0.39, 0.29) is 36.8 Å². The third kappa shape index (κ3) is 6.59. The highest BCUT2D eigenvalue weighted by Gasteiger charge is 2.31. The number of nitro groups is 1. The highest BCUT2D eigenvalue weighted by molar-refractivity contribution is 5.99. The van der Waals surface area contributed by atoms with Crippen molar-refractivity contribution in [1.82, 2.24) is 4.90 Å². The van der Waals surface area contributed by atoms with Crippen LogP contribution in [0.5, 0.6) is 11.5 Å². The molecule has 0 N–H and O–H groups in total. The van der Waals surface area contributed by atoms with E-state index in [4.69, 9.17) is 14.2 Å². The molecule has 0 radical (unpaired) electrons. The van der Waals surface area contributed by atoms with Crippen LogP contribution in [0.2, 0.25) is 0 Å². The lowest BCUT2D eigenvalue weighted by Crippen LogP contribution is -2.34. The molecular weight excluding hydrogens is 373 g/mol. The lowest BCUT2D eigenvalue weighted by atomic mass is 10.1. The number of hydrogen-bond acceptors (Lipinski definition) is 6. The van der Waals surface area contributed by atoms with Gasteiger partial charge < -0.3 is 19.1 Å². The third-order valence-corrected chi connectivity index (χ3v) is 3.59. The van der Waals surface area contributed by atoms with Gasteiger partial charge in [0.05, 0.1) is 31.1 Å². The SMILES string of the molecule is CCN(CCC(F)(F)F)C(=O)c1cc(OC)c(OCCOC)cc1[N+](=O)[O-]. The van der Waals surface area contributed by atoms with Gasteiger partial charge in [-0.1, -0.05) is 0 Å². The first-order valence-corrected chi connectivity index (χ1v) is 7.98. The number of carbonyl (C=O) groups is 1. The van der Waals surface area contributed by atoms with Gasteiger partial charge in [0.15, 0.2) is 11.5 Å². The molecule has 0 bridgehead atoms. The van der Waals surface area contributed by atoms with Gasteiger partial charge in [-0.05, 0) is 6.92 Å². The molecule has 152 valence electrons. The third-order valence-electron chi connectivity index (χ3n) is 3.59. The van der Waals surface area contributed by atoms with Crippen LogP contribution in [0.3, 0.4) is 0 Å². The van der Waals surface area contributed by atoms with E-state index in [1.54, 1.807) is 0 Å². The van der Waals surface area contributed by atoms with Gasteiger partial charge >= 0.3 is 6.18 Å². The first-order chi connectivity index (χ1) is 12.6. The van der Waals surface area contributed by atoms with E-state index in [2.05, 4.69) is 0 Å². The molecule has 0 aliphatic carbocycles. The first kappa shape index (κ1) is 22.5. The molecular formula is C16H21F3N2O6. The quantitative estimate of drug-likeness (QED) is 0.344. The Hall–Kier alpha value is -2.56. The molecule has 27 heavy (non-hydrogen) atoms. The fraction of sp³-hybridized carbons (Fsp3) is 0.562. The molecule has 1 aromatic carbocycles. The van der Waals surface area contributed by atoms with Crippen molar-refractivity contribution in [2.75, 3.05) is 40.5 Å². The van der Waals surface area contributed by atoms with Gasteiger partial charge in [-0.15, -0.1) is 0 Å². The largest absolute Gasteiger partial charge is 0.493 e. The second-order valence-electron chi connectivity index (χ2n) is 5.37. The van der Waals surface area contributed by atoms with E-state index in [9.17, 15) is 28.1 Å². The maximum absolute atomic E-state index is 12.6. The molecule has 0 saturated carbocycles. The predicted octanol–water partition coefficient (Wildman–Crippen LogP) is 3.04. The number of halogens is 3. The molecule has 1 aromatic rings. The van der Waals surface area contributed by atoms with Gasteiger partial charge in [0.25, 0.3) is 11.6 Å². The minimum Gasteiger partial charge on any atom is -0.493 e. The Bertz CT molecular complexity index is 666. The first-order valence-electron chi connectivity index (χ1n) is 7.98. The van der Waals surface area contributed by atoms with Gasteiger partial charge in [-0.2, -0.15) is 13.2 Å². The Morgan fingerprint density at radius 2 is 1.89 bits per heavy atom. The van der Waals surface area contributed by atoms with Crippen molar-refractivity contribution in [2.45, 2.75) is 19.5 Å². The summed E-state index contributed by atoms with van der Waals surface area (Å²) in [5, 5.41) is 11.4. The van der Waals surface area contributed by atoms with Crippen LogP contribution < -0.4 is 9.47 Å². The molecule has 0 unspecified atom stereocenters. The normalized spacial score (nSPS) is 11.2. The minimum absolute atomic E-state index is 0.0242. The number of alkyl halides is 3. The molecule has 0 aliphatic heterocycles. The summed E-state index contributed by atoms with van der Waals surface area (Å²) in [6.07, 6.45) is -5.66. The molecule has 11 heteroatoms. The number of benzene rings is 1. The van der Waals surface area contributed by atoms with Crippen LogP contribution in [0, 0.1) is 10.1 Å². The fourth-order valence-corrected chi connectivity index (χ4v) is 2.21. The van der Waals surface area contributed by atoms with Gasteiger partial charge in [0.1, 0.15) is 12.2 Å². The highest BCUT2D eigenvalue weighted by Crippen LogP contribution is 2.35. The summed E-state index contributed by atoms with van der Waals surface area (Å²) in [7, 11) is 2.73. The van der Waals surface area contributed by atoms with Crippen molar-refractivity contribution in [3.8, 4) is 11.5 Å². The van der Waals surface area contributed by atoms with Crippen molar-refractivity contribution < 1.29 is 37.1 Å². The molecule has 0 heterocycles. The topological polar surface area (TPSA) is 91.1 Å². The van der Waals surface area contributed by atoms with Crippen LogP contribution in [-0.2, 0) is 4.74 Å². The van der Waals surface area contributed by atoms with Gasteiger partial charge in [-0.25, -0.2) is 0 Å². The molecule has 0 aromatic heterocycles. The zero-order chi connectivity index (χ0) is 20.6. The van der Waals surface area contributed by atoms with E-state index in [1.807, 2.05) is 0 Å². The Kier molecular flexibility index (Phi) is 8.29. The summed E-state index contributed by atoms with van der Waals surface area (Å²) >= 11 is 0. The Labute approximate surface area is 153 Å². The second-order valence-corrected chi connectivity index (χ2v) is 5.37. The number of methoxy groups -OCH3 is 2. The number of carbonyl (C=O) groups excluding carboxylic acids is 1. The molecule has 0 spiro atoms. The van der Waals surface area contributed by atoms with E-state index >= 15 is 0 Å². The van der Waals surface area contributed by atoms with E-state index in [0.29, 0.717) is 0 Å². The number of rotatable bonds is 10.